The van der Waals surface area contributed by atoms with Gasteiger partial charge in [-0.25, -0.2) is 0 Å². The Morgan fingerprint density at radius 3 is 2.74 bits per heavy atom. The summed E-state index contributed by atoms with van der Waals surface area (Å²) in [4.78, 5) is 0. The zero-order valence-electron chi connectivity index (χ0n) is 12.4. The summed E-state index contributed by atoms with van der Waals surface area (Å²) in [5.41, 5.74) is 2.42. The molecule has 1 fully saturated rings. The van der Waals surface area contributed by atoms with E-state index in [1.54, 1.807) is 0 Å². The fourth-order valence-corrected chi connectivity index (χ4v) is 3.48. The summed E-state index contributed by atoms with van der Waals surface area (Å²) in [6.45, 7) is 5.52. The van der Waals surface area contributed by atoms with Gasteiger partial charge in [-0.1, -0.05) is 38.3 Å². The standard InChI is InChI=1S/C15H26ClN3/c1-4-12-14(16)13(19(3)18-12)11-15(5-2)9-7-6-8-10-17-15/h17H,4-11H2,1-3H3. The Balaban J connectivity index is 2.24. The van der Waals surface area contributed by atoms with E-state index in [0.29, 0.717) is 0 Å². The van der Waals surface area contributed by atoms with E-state index in [0.717, 1.165) is 36.5 Å². The monoisotopic (exact) mass is 283 g/mol. The molecule has 0 saturated carbocycles. The second-order valence-corrected chi connectivity index (χ2v) is 6.11. The largest absolute Gasteiger partial charge is 0.311 e. The van der Waals surface area contributed by atoms with Gasteiger partial charge in [-0.3, -0.25) is 4.68 Å². The summed E-state index contributed by atoms with van der Waals surface area (Å²) in [7, 11) is 2.01. The third kappa shape index (κ3) is 3.14. The maximum absolute atomic E-state index is 6.50. The topological polar surface area (TPSA) is 29.9 Å². The van der Waals surface area contributed by atoms with Crippen LogP contribution in [-0.4, -0.2) is 21.9 Å². The first-order chi connectivity index (χ1) is 9.12. The summed E-state index contributed by atoms with van der Waals surface area (Å²) in [6, 6.07) is 0. The van der Waals surface area contributed by atoms with Crippen LogP contribution < -0.4 is 5.32 Å². The van der Waals surface area contributed by atoms with Gasteiger partial charge in [-0.05, 0) is 32.2 Å². The number of nitrogens with one attached hydrogen (secondary N) is 1. The number of nitrogens with zero attached hydrogens (tertiary/aromatic N) is 2. The molecular weight excluding hydrogens is 258 g/mol. The molecule has 1 aliphatic rings. The maximum atomic E-state index is 6.50. The third-order valence-corrected chi connectivity index (χ3v) is 4.95. The predicted octanol–water partition coefficient (Wildman–Crippen LogP) is 3.49. The zero-order chi connectivity index (χ0) is 13.9. The van der Waals surface area contributed by atoms with E-state index >= 15 is 0 Å². The Labute approximate surface area is 121 Å². The molecule has 2 rings (SSSR count). The van der Waals surface area contributed by atoms with E-state index in [1.165, 1.54) is 31.4 Å². The summed E-state index contributed by atoms with van der Waals surface area (Å²) >= 11 is 6.50. The highest BCUT2D eigenvalue weighted by Crippen LogP contribution is 2.30. The lowest BCUT2D eigenvalue weighted by Crippen LogP contribution is -2.46. The molecule has 0 aliphatic carbocycles. The van der Waals surface area contributed by atoms with Gasteiger partial charge in [0.15, 0.2) is 0 Å². The summed E-state index contributed by atoms with van der Waals surface area (Å²) < 4.78 is 1.98. The molecule has 1 N–H and O–H groups in total. The molecule has 1 unspecified atom stereocenters. The summed E-state index contributed by atoms with van der Waals surface area (Å²) in [6.07, 6.45) is 8.24. The van der Waals surface area contributed by atoms with Gasteiger partial charge >= 0.3 is 0 Å². The first-order valence-electron chi connectivity index (χ1n) is 7.57. The molecule has 19 heavy (non-hydrogen) atoms. The molecule has 0 spiro atoms. The fraction of sp³-hybridized carbons (Fsp3) is 0.800. The van der Waals surface area contributed by atoms with Crippen molar-refractivity contribution in [1.82, 2.24) is 15.1 Å². The average molecular weight is 284 g/mol. The lowest BCUT2D eigenvalue weighted by Gasteiger charge is -2.33. The molecule has 1 atom stereocenters. The van der Waals surface area contributed by atoms with E-state index in [4.69, 9.17) is 11.6 Å². The second-order valence-electron chi connectivity index (χ2n) is 5.73. The SMILES string of the molecule is CCc1nn(C)c(CC2(CC)CCCCCN2)c1Cl. The third-order valence-electron chi connectivity index (χ3n) is 4.52. The first-order valence-corrected chi connectivity index (χ1v) is 7.95. The molecule has 0 bridgehead atoms. The lowest BCUT2D eigenvalue weighted by molar-refractivity contribution is 0.296. The molecule has 1 aromatic heterocycles. The van der Waals surface area contributed by atoms with Crippen molar-refractivity contribution in [3.8, 4) is 0 Å². The molecule has 108 valence electrons. The molecule has 1 aliphatic heterocycles. The maximum Gasteiger partial charge on any atom is 0.0850 e. The van der Waals surface area contributed by atoms with Crippen LogP contribution in [0, 0.1) is 0 Å². The van der Waals surface area contributed by atoms with Crippen molar-refractivity contribution in [3.05, 3.63) is 16.4 Å². The van der Waals surface area contributed by atoms with Crippen LogP contribution in [0.3, 0.4) is 0 Å². The van der Waals surface area contributed by atoms with Crippen molar-refractivity contribution < 1.29 is 0 Å². The Bertz CT molecular complexity index is 417. The Hall–Kier alpha value is -0.540. The molecular formula is C15H26ClN3. The highest BCUT2D eigenvalue weighted by atomic mass is 35.5. The number of aryl methyl sites for hydroxylation is 2. The highest BCUT2D eigenvalue weighted by Gasteiger charge is 2.31. The number of hydrogen-bond donors (Lipinski definition) is 1. The van der Waals surface area contributed by atoms with Crippen LogP contribution in [0.2, 0.25) is 5.02 Å². The Morgan fingerprint density at radius 1 is 1.32 bits per heavy atom. The van der Waals surface area contributed by atoms with Crippen LogP contribution in [0.4, 0.5) is 0 Å². The van der Waals surface area contributed by atoms with Crippen LogP contribution in [-0.2, 0) is 19.9 Å². The molecule has 0 radical (unpaired) electrons. The van der Waals surface area contributed by atoms with Crippen LogP contribution >= 0.6 is 11.6 Å². The van der Waals surface area contributed by atoms with Crippen molar-refractivity contribution in [3.63, 3.8) is 0 Å². The number of hydrogen-bond acceptors (Lipinski definition) is 2. The first kappa shape index (κ1) is 14.9. The van der Waals surface area contributed by atoms with Crippen LogP contribution in [0.15, 0.2) is 0 Å². The van der Waals surface area contributed by atoms with E-state index in [1.807, 2.05) is 11.7 Å². The quantitative estimate of drug-likeness (QED) is 0.917. The number of halogens is 1. The van der Waals surface area contributed by atoms with Crippen molar-refractivity contribution in [1.29, 1.82) is 0 Å². The fourth-order valence-electron chi connectivity index (χ4n) is 3.12. The molecule has 0 aromatic carbocycles. The highest BCUT2D eigenvalue weighted by molar-refractivity contribution is 6.31. The molecule has 1 saturated heterocycles. The normalized spacial score (nSPS) is 24.4. The van der Waals surface area contributed by atoms with Gasteiger partial charge in [-0.2, -0.15) is 5.10 Å². The smallest absolute Gasteiger partial charge is 0.0850 e. The lowest BCUT2D eigenvalue weighted by atomic mass is 9.85. The van der Waals surface area contributed by atoms with E-state index in [2.05, 4.69) is 24.3 Å². The van der Waals surface area contributed by atoms with Crippen molar-refractivity contribution in [2.24, 2.45) is 7.05 Å². The van der Waals surface area contributed by atoms with E-state index < -0.39 is 0 Å². The number of aromatic nitrogens is 2. The average Bonchev–Trinajstić information content (AvgIpc) is 2.62. The van der Waals surface area contributed by atoms with Crippen LogP contribution in [0.1, 0.15) is 57.3 Å². The van der Waals surface area contributed by atoms with Crippen molar-refractivity contribution in [2.45, 2.75) is 64.3 Å². The van der Waals surface area contributed by atoms with Gasteiger partial charge < -0.3 is 5.32 Å². The minimum absolute atomic E-state index is 0.207. The molecule has 0 amide bonds. The van der Waals surface area contributed by atoms with Crippen molar-refractivity contribution in [2.75, 3.05) is 6.54 Å². The minimum Gasteiger partial charge on any atom is -0.311 e. The molecule has 3 nitrogen and oxygen atoms in total. The number of rotatable bonds is 4. The zero-order valence-corrected chi connectivity index (χ0v) is 13.2. The van der Waals surface area contributed by atoms with Gasteiger partial charge in [0.05, 0.1) is 16.4 Å². The van der Waals surface area contributed by atoms with Gasteiger partial charge in [0.25, 0.3) is 0 Å². The summed E-state index contributed by atoms with van der Waals surface area (Å²) in [5, 5.41) is 9.19. The van der Waals surface area contributed by atoms with Gasteiger partial charge in [0.1, 0.15) is 0 Å². The molecule has 2 heterocycles. The van der Waals surface area contributed by atoms with E-state index in [9.17, 15) is 0 Å². The van der Waals surface area contributed by atoms with Crippen LogP contribution in [0.5, 0.6) is 0 Å². The van der Waals surface area contributed by atoms with Gasteiger partial charge in [0.2, 0.25) is 0 Å². The van der Waals surface area contributed by atoms with Gasteiger partial charge in [-0.15, -0.1) is 0 Å². The molecule has 1 aromatic rings. The van der Waals surface area contributed by atoms with E-state index in [-0.39, 0.29) is 5.54 Å². The van der Waals surface area contributed by atoms with Crippen LogP contribution in [0.25, 0.3) is 0 Å². The van der Waals surface area contributed by atoms with Gasteiger partial charge in [0, 0.05) is 19.0 Å². The minimum atomic E-state index is 0.207. The Morgan fingerprint density at radius 2 is 2.11 bits per heavy atom. The Kier molecular flexibility index (Phi) is 4.91. The second kappa shape index (κ2) is 6.27. The summed E-state index contributed by atoms with van der Waals surface area (Å²) in [5.74, 6) is 0. The molecule has 4 heteroatoms. The van der Waals surface area contributed by atoms with Crippen molar-refractivity contribution >= 4 is 11.6 Å². The predicted molar refractivity (Wildman–Crippen MR) is 80.8 cm³/mol.